The summed E-state index contributed by atoms with van der Waals surface area (Å²) < 4.78 is 4.94. The number of rotatable bonds is 5. The largest absolute Gasteiger partial charge is 0.481 e. The summed E-state index contributed by atoms with van der Waals surface area (Å²) in [6.07, 6.45) is 4.45. The Morgan fingerprint density at radius 3 is 2.60 bits per heavy atom. The van der Waals surface area contributed by atoms with E-state index >= 15 is 0 Å². The molecule has 2 heterocycles. The van der Waals surface area contributed by atoms with Gasteiger partial charge in [-0.15, -0.1) is 0 Å². The van der Waals surface area contributed by atoms with Gasteiger partial charge in [-0.05, 0) is 13.0 Å². The van der Waals surface area contributed by atoms with Crippen LogP contribution in [0.15, 0.2) is 30.7 Å². The summed E-state index contributed by atoms with van der Waals surface area (Å²) in [7, 11) is 1.53. The number of carbonyl (C=O) groups is 1. The summed E-state index contributed by atoms with van der Waals surface area (Å²) in [5.41, 5.74) is 0.802. The minimum Gasteiger partial charge on any atom is -0.481 e. The van der Waals surface area contributed by atoms with Crippen LogP contribution in [0.4, 0.5) is 11.5 Å². The highest BCUT2D eigenvalue weighted by atomic mass is 16.5. The Balaban J connectivity index is 2.03. The van der Waals surface area contributed by atoms with Crippen molar-refractivity contribution in [2.24, 2.45) is 0 Å². The zero-order valence-electron chi connectivity index (χ0n) is 11.3. The Hall–Kier alpha value is -2.70. The van der Waals surface area contributed by atoms with E-state index in [4.69, 9.17) is 4.74 Å². The van der Waals surface area contributed by atoms with Gasteiger partial charge >= 0.3 is 0 Å². The SMILES string of the molecule is CCNc1cnc(C(=O)Nc2ccc(OC)nc2)cn1. The van der Waals surface area contributed by atoms with Crippen LogP contribution in [0.25, 0.3) is 0 Å². The van der Waals surface area contributed by atoms with Crippen molar-refractivity contribution in [3.8, 4) is 5.88 Å². The Labute approximate surface area is 116 Å². The predicted octanol–water partition coefficient (Wildman–Crippen LogP) is 1.56. The zero-order chi connectivity index (χ0) is 14.4. The smallest absolute Gasteiger partial charge is 0.275 e. The van der Waals surface area contributed by atoms with Gasteiger partial charge in [0.1, 0.15) is 11.5 Å². The van der Waals surface area contributed by atoms with E-state index in [0.29, 0.717) is 17.4 Å². The molecule has 7 heteroatoms. The number of ether oxygens (including phenoxy) is 1. The molecule has 2 N–H and O–H groups in total. The van der Waals surface area contributed by atoms with Gasteiger partial charge in [-0.25, -0.2) is 15.0 Å². The molecule has 0 saturated heterocycles. The second kappa shape index (κ2) is 6.46. The molecule has 2 aromatic rings. The molecule has 7 nitrogen and oxygen atoms in total. The van der Waals surface area contributed by atoms with Crippen molar-refractivity contribution < 1.29 is 9.53 Å². The summed E-state index contributed by atoms with van der Waals surface area (Å²) in [6.45, 7) is 2.71. The molecule has 0 spiro atoms. The van der Waals surface area contributed by atoms with Gasteiger partial charge in [0, 0.05) is 12.6 Å². The van der Waals surface area contributed by atoms with Crippen molar-refractivity contribution in [3.05, 3.63) is 36.4 Å². The lowest BCUT2D eigenvalue weighted by atomic mass is 10.3. The topological polar surface area (TPSA) is 89.0 Å². The van der Waals surface area contributed by atoms with E-state index in [-0.39, 0.29) is 11.6 Å². The van der Waals surface area contributed by atoms with Crippen LogP contribution in [0.5, 0.6) is 5.88 Å². The summed E-state index contributed by atoms with van der Waals surface area (Å²) in [5, 5.41) is 5.69. The molecule has 0 aliphatic rings. The van der Waals surface area contributed by atoms with Gasteiger partial charge in [0.2, 0.25) is 5.88 Å². The summed E-state index contributed by atoms with van der Waals surface area (Å²) >= 11 is 0. The van der Waals surface area contributed by atoms with E-state index in [1.165, 1.54) is 25.7 Å². The van der Waals surface area contributed by atoms with Crippen molar-refractivity contribution in [2.75, 3.05) is 24.3 Å². The fraction of sp³-hybridized carbons (Fsp3) is 0.231. The lowest BCUT2D eigenvalue weighted by molar-refractivity contribution is 0.102. The molecule has 0 fully saturated rings. The molecule has 0 bridgehead atoms. The number of carbonyl (C=O) groups excluding carboxylic acids is 1. The van der Waals surface area contributed by atoms with Crippen molar-refractivity contribution in [2.45, 2.75) is 6.92 Å². The number of nitrogens with zero attached hydrogens (tertiary/aromatic N) is 3. The summed E-state index contributed by atoms with van der Waals surface area (Å²) in [4.78, 5) is 24.1. The molecule has 104 valence electrons. The monoisotopic (exact) mass is 273 g/mol. The van der Waals surface area contributed by atoms with Crippen molar-refractivity contribution in [1.82, 2.24) is 15.0 Å². The van der Waals surface area contributed by atoms with Crippen molar-refractivity contribution in [3.63, 3.8) is 0 Å². The van der Waals surface area contributed by atoms with Crippen LogP contribution in [0.3, 0.4) is 0 Å². The van der Waals surface area contributed by atoms with Crippen LogP contribution >= 0.6 is 0 Å². The second-order valence-electron chi connectivity index (χ2n) is 3.86. The average Bonchev–Trinajstić information content (AvgIpc) is 2.49. The van der Waals surface area contributed by atoms with Gasteiger partial charge in [-0.2, -0.15) is 0 Å². The van der Waals surface area contributed by atoms with Crippen LogP contribution in [-0.2, 0) is 0 Å². The molecular weight excluding hydrogens is 258 g/mol. The first-order valence-corrected chi connectivity index (χ1v) is 6.10. The highest BCUT2D eigenvalue weighted by Crippen LogP contribution is 2.12. The van der Waals surface area contributed by atoms with Gasteiger partial charge in [-0.3, -0.25) is 4.79 Å². The quantitative estimate of drug-likeness (QED) is 0.859. The van der Waals surface area contributed by atoms with E-state index in [2.05, 4.69) is 25.6 Å². The second-order valence-corrected chi connectivity index (χ2v) is 3.86. The average molecular weight is 273 g/mol. The van der Waals surface area contributed by atoms with Gasteiger partial charge in [0.25, 0.3) is 5.91 Å². The fourth-order valence-corrected chi connectivity index (χ4v) is 1.49. The molecule has 0 atom stereocenters. The van der Waals surface area contributed by atoms with Gasteiger partial charge < -0.3 is 15.4 Å². The van der Waals surface area contributed by atoms with Gasteiger partial charge in [0.15, 0.2) is 0 Å². The summed E-state index contributed by atoms with van der Waals surface area (Å²) in [6, 6.07) is 3.36. The third-order valence-corrected chi connectivity index (χ3v) is 2.45. The van der Waals surface area contributed by atoms with Crippen molar-refractivity contribution >= 4 is 17.4 Å². The molecular formula is C13H15N5O2. The number of aromatic nitrogens is 3. The van der Waals surface area contributed by atoms with E-state index in [9.17, 15) is 4.79 Å². The molecule has 2 rings (SSSR count). The Kier molecular flexibility index (Phi) is 4.43. The van der Waals surface area contributed by atoms with E-state index < -0.39 is 0 Å². The molecule has 0 saturated carbocycles. The number of hydrogen-bond acceptors (Lipinski definition) is 6. The molecule has 0 unspecified atom stereocenters. The first-order chi connectivity index (χ1) is 9.72. The highest BCUT2D eigenvalue weighted by molar-refractivity contribution is 6.02. The van der Waals surface area contributed by atoms with Crippen molar-refractivity contribution in [1.29, 1.82) is 0 Å². The zero-order valence-corrected chi connectivity index (χ0v) is 11.3. The number of anilines is 2. The summed E-state index contributed by atoms with van der Waals surface area (Å²) in [5.74, 6) is 0.778. The third-order valence-electron chi connectivity index (χ3n) is 2.45. The minimum atomic E-state index is -0.340. The first kappa shape index (κ1) is 13.7. The highest BCUT2D eigenvalue weighted by Gasteiger charge is 2.08. The van der Waals surface area contributed by atoms with Crippen LogP contribution in [0.2, 0.25) is 0 Å². The lowest BCUT2D eigenvalue weighted by Crippen LogP contribution is -2.14. The van der Waals surface area contributed by atoms with Gasteiger partial charge in [-0.1, -0.05) is 0 Å². The van der Waals surface area contributed by atoms with Crippen LogP contribution in [0.1, 0.15) is 17.4 Å². The number of nitrogens with one attached hydrogen (secondary N) is 2. The Bertz CT molecular complexity index is 568. The maximum atomic E-state index is 11.9. The maximum absolute atomic E-state index is 11.9. The van der Waals surface area contributed by atoms with Crippen LogP contribution in [0, 0.1) is 0 Å². The van der Waals surface area contributed by atoms with E-state index in [1.54, 1.807) is 12.1 Å². The molecule has 0 aromatic carbocycles. The molecule has 0 aliphatic heterocycles. The van der Waals surface area contributed by atoms with E-state index in [0.717, 1.165) is 6.54 Å². The maximum Gasteiger partial charge on any atom is 0.275 e. The normalized spacial score (nSPS) is 9.90. The third kappa shape index (κ3) is 3.41. The molecule has 20 heavy (non-hydrogen) atoms. The molecule has 2 aromatic heterocycles. The van der Waals surface area contributed by atoms with E-state index in [1.807, 2.05) is 6.92 Å². The minimum absolute atomic E-state index is 0.238. The first-order valence-electron chi connectivity index (χ1n) is 6.10. The number of hydrogen-bond donors (Lipinski definition) is 2. The number of pyridine rings is 1. The lowest BCUT2D eigenvalue weighted by Gasteiger charge is -2.06. The number of amides is 1. The van der Waals surface area contributed by atoms with Gasteiger partial charge in [0.05, 0.1) is 31.4 Å². The van der Waals surface area contributed by atoms with Crippen LogP contribution in [-0.4, -0.2) is 34.5 Å². The Morgan fingerprint density at radius 2 is 2.05 bits per heavy atom. The Morgan fingerprint density at radius 1 is 1.20 bits per heavy atom. The number of methoxy groups -OCH3 is 1. The molecule has 0 aliphatic carbocycles. The molecule has 1 amide bonds. The predicted molar refractivity (Wildman–Crippen MR) is 74.9 cm³/mol. The standard InChI is InChI=1S/C13H15N5O2/c1-3-14-11-8-15-10(7-16-11)13(19)18-9-4-5-12(20-2)17-6-9/h4-8H,3H2,1-2H3,(H,14,16)(H,18,19). The van der Waals surface area contributed by atoms with Crippen LogP contribution < -0.4 is 15.4 Å². The fourth-order valence-electron chi connectivity index (χ4n) is 1.49. The molecule has 0 radical (unpaired) electrons.